The number of nitrogens with one attached hydrogen (secondary N) is 1. The average molecular weight is 312 g/mol. The Labute approximate surface area is 117 Å². The van der Waals surface area contributed by atoms with E-state index in [1.807, 2.05) is 5.32 Å². The molecule has 1 aromatic carbocycles. The first-order valence-electron chi connectivity index (χ1n) is 5.07. The van der Waals surface area contributed by atoms with Crippen molar-refractivity contribution in [3.63, 3.8) is 0 Å². The fourth-order valence-electron chi connectivity index (χ4n) is 1.33. The van der Waals surface area contributed by atoms with Crippen molar-refractivity contribution in [3.05, 3.63) is 33.8 Å². The lowest BCUT2D eigenvalue weighted by molar-refractivity contribution is -0.140. The molecule has 104 valence electrons. The molecule has 1 aromatic rings. The monoisotopic (exact) mass is 311 g/mol. The van der Waals surface area contributed by atoms with Crippen molar-refractivity contribution in [1.29, 1.82) is 0 Å². The minimum absolute atomic E-state index is 0.00184. The van der Waals surface area contributed by atoms with Gasteiger partial charge in [0.15, 0.2) is 0 Å². The summed E-state index contributed by atoms with van der Waals surface area (Å²) >= 11 is 11.4. The molecular formula is C11H9Cl2F2NO3. The minimum atomic E-state index is -2.84. The van der Waals surface area contributed by atoms with Crippen molar-refractivity contribution in [2.45, 2.75) is 18.9 Å². The highest BCUT2D eigenvalue weighted by molar-refractivity contribution is 6.35. The van der Waals surface area contributed by atoms with Gasteiger partial charge in [-0.15, -0.1) is 0 Å². The number of amides is 1. The van der Waals surface area contributed by atoms with Crippen LogP contribution in [0.1, 0.15) is 16.8 Å². The summed E-state index contributed by atoms with van der Waals surface area (Å²) in [5, 5.41) is 11.1. The summed E-state index contributed by atoms with van der Waals surface area (Å²) < 4.78 is 24.3. The third kappa shape index (κ3) is 5.00. The molecule has 0 bridgehead atoms. The number of hydrogen-bond acceptors (Lipinski definition) is 2. The van der Waals surface area contributed by atoms with Crippen LogP contribution in [0, 0.1) is 0 Å². The first-order chi connectivity index (χ1) is 8.79. The first-order valence-corrected chi connectivity index (χ1v) is 5.83. The number of aliphatic carboxylic acids is 1. The van der Waals surface area contributed by atoms with Crippen molar-refractivity contribution < 1.29 is 23.5 Å². The molecule has 19 heavy (non-hydrogen) atoms. The van der Waals surface area contributed by atoms with E-state index in [-0.39, 0.29) is 15.6 Å². The second kappa shape index (κ2) is 6.68. The van der Waals surface area contributed by atoms with Gasteiger partial charge in [-0.1, -0.05) is 23.2 Å². The van der Waals surface area contributed by atoms with Gasteiger partial charge in [-0.25, -0.2) is 13.6 Å². The molecule has 1 unspecified atom stereocenters. The molecule has 0 heterocycles. The third-order valence-electron chi connectivity index (χ3n) is 2.14. The fraction of sp³-hybridized carbons (Fsp3) is 0.273. The summed E-state index contributed by atoms with van der Waals surface area (Å²) in [6, 6.07) is 2.22. The van der Waals surface area contributed by atoms with Gasteiger partial charge < -0.3 is 10.4 Å². The molecule has 0 spiro atoms. The number of alkyl halides is 2. The van der Waals surface area contributed by atoms with Gasteiger partial charge in [0.25, 0.3) is 5.91 Å². The Bertz CT molecular complexity index is 477. The highest BCUT2D eigenvalue weighted by Crippen LogP contribution is 2.19. The zero-order chi connectivity index (χ0) is 14.6. The van der Waals surface area contributed by atoms with Gasteiger partial charge in [-0.3, -0.25) is 4.79 Å². The molecule has 0 aliphatic carbocycles. The number of carboxylic acid groups (broad SMARTS) is 1. The Morgan fingerprint density at radius 3 is 2.16 bits per heavy atom. The molecule has 1 amide bonds. The van der Waals surface area contributed by atoms with E-state index >= 15 is 0 Å². The second-order valence-corrected chi connectivity index (χ2v) is 4.52. The van der Waals surface area contributed by atoms with Crippen LogP contribution in [0.15, 0.2) is 18.2 Å². The Morgan fingerprint density at radius 2 is 1.74 bits per heavy atom. The van der Waals surface area contributed by atoms with Crippen molar-refractivity contribution in [2.75, 3.05) is 0 Å². The number of carbonyl (C=O) groups is 2. The van der Waals surface area contributed by atoms with Crippen LogP contribution in [0.3, 0.4) is 0 Å². The minimum Gasteiger partial charge on any atom is -0.480 e. The summed E-state index contributed by atoms with van der Waals surface area (Å²) in [4.78, 5) is 22.4. The van der Waals surface area contributed by atoms with Crippen molar-refractivity contribution in [1.82, 2.24) is 5.32 Å². The maximum Gasteiger partial charge on any atom is 0.326 e. The lowest BCUT2D eigenvalue weighted by Gasteiger charge is -2.14. The van der Waals surface area contributed by atoms with E-state index in [1.54, 1.807) is 0 Å². The maximum atomic E-state index is 12.2. The SMILES string of the molecule is O=C(NC(CC(F)F)C(=O)O)c1cc(Cl)cc(Cl)c1. The summed E-state index contributed by atoms with van der Waals surface area (Å²) in [6.45, 7) is 0. The van der Waals surface area contributed by atoms with E-state index in [9.17, 15) is 18.4 Å². The first kappa shape index (κ1) is 15.7. The van der Waals surface area contributed by atoms with Gasteiger partial charge >= 0.3 is 5.97 Å². The maximum absolute atomic E-state index is 12.2. The Balaban J connectivity index is 2.84. The molecule has 0 aromatic heterocycles. The number of rotatable bonds is 5. The molecule has 4 nitrogen and oxygen atoms in total. The third-order valence-corrected chi connectivity index (χ3v) is 2.58. The summed E-state index contributed by atoms with van der Waals surface area (Å²) in [5.74, 6) is -2.38. The van der Waals surface area contributed by atoms with Crippen LogP contribution in [0.2, 0.25) is 10.0 Å². The van der Waals surface area contributed by atoms with Crippen molar-refractivity contribution in [3.8, 4) is 0 Å². The molecule has 0 saturated carbocycles. The lowest BCUT2D eigenvalue weighted by atomic mass is 10.1. The predicted octanol–water partition coefficient (Wildman–Crippen LogP) is 2.83. The van der Waals surface area contributed by atoms with Crippen LogP contribution >= 0.6 is 23.2 Å². The van der Waals surface area contributed by atoms with Gasteiger partial charge in [0, 0.05) is 22.0 Å². The van der Waals surface area contributed by atoms with Gasteiger partial charge in [0.1, 0.15) is 6.04 Å². The highest BCUT2D eigenvalue weighted by atomic mass is 35.5. The molecule has 0 fully saturated rings. The van der Waals surface area contributed by atoms with Crippen LogP contribution in [-0.4, -0.2) is 29.5 Å². The number of carboxylic acids is 1. The van der Waals surface area contributed by atoms with E-state index in [0.29, 0.717) is 0 Å². The topological polar surface area (TPSA) is 66.4 Å². The molecule has 0 aliphatic rings. The van der Waals surface area contributed by atoms with Crippen molar-refractivity contribution in [2.24, 2.45) is 0 Å². The van der Waals surface area contributed by atoms with Gasteiger partial charge in [-0.05, 0) is 18.2 Å². The zero-order valence-electron chi connectivity index (χ0n) is 9.37. The van der Waals surface area contributed by atoms with Crippen LogP contribution in [0.4, 0.5) is 8.78 Å². The van der Waals surface area contributed by atoms with E-state index in [4.69, 9.17) is 28.3 Å². The van der Waals surface area contributed by atoms with E-state index in [2.05, 4.69) is 0 Å². The van der Waals surface area contributed by atoms with Crippen molar-refractivity contribution >= 4 is 35.1 Å². The van der Waals surface area contributed by atoms with Gasteiger partial charge in [0.2, 0.25) is 6.43 Å². The van der Waals surface area contributed by atoms with Crippen LogP contribution in [0.25, 0.3) is 0 Å². The Kier molecular flexibility index (Phi) is 5.50. The Hall–Kier alpha value is -1.40. The van der Waals surface area contributed by atoms with Crippen LogP contribution < -0.4 is 5.32 Å². The molecule has 0 radical (unpaired) electrons. The van der Waals surface area contributed by atoms with Gasteiger partial charge in [-0.2, -0.15) is 0 Å². The largest absolute Gasteiger partial charge is 0.480 e. The summed E-state index contributed by atoms with van der Waals surface area (Å²) in [6.07, 6.45) is -3.82. The summed E-state index contributed by atoms with van der Waals surface area (Å²) in [7, 11) is 0. The normalized spacial score (nSPS) is 12.3. The average Bonchev–Trinajstić information content (AvgIpc) is 2.25. The summed E-state index contributed by atoms with van der Waals surface area (Å²) in [5.41, 5.74) is -0.00184. The quantitative estimate of drug-likeness (QED) is 0.878. The number of hydrogen-bond donors (Lipinski definition) is 2. The Morgan fingerprint density at radius 1 is 1.21 bits per heavy atom. The highest BCUT2D eigenvalue weighted by Gasteiger charge is 2.24. The molecular weight excluding hydrogens is 303 g/mol. The van der Waals surface area contributed by atoms with E-state index < -0.39 is 30.8 Å². The molecule has 0 aliphatic heterocycles. The van der Waals surface area contributed by atoms with Gasteiger partial charge in [0.05, 0.1) is 0 Å². The smallest absolute Gasteiger partial charge is 0.326 e. The molecule has 1 atom stereocenters. The van der Waals surface area contributed by atoms with Crippen LogP contribution in [0.5, 0.6) is 0 Å². The fourth-order valence-corrected chi connectivity index (χ4v) is 1.85. The lowest BCUT2D eigenvalue weighted by Crippen LogP contribution is -2.42. The van der Waals surface area contributed by atoms with E-state index in [0.717, 1.165) is 0 Å². The number of halogens is 4. The van der Waals surface area contributed by atoms with E-state index in [1.165, 1.54) is 18.2 Å². The standard InChI is InChI=1S/C11H9Cl2F2NO3/c12-6-1-5(2-7(13)3-6)10(17)16-8(11(18)19)4-9(14)15/h1-3,8-9H,4H2,(H,16,17)(H,18,19). The number of carbonyl (C=O) groups excluding carboxylic acids is 1. The zero-order valence-corrected chi connectivity index (χ0v) is 10.9. The predicted molar refractivity (Wildman–Crippen MR) is 66.0 cm³/mol. The second-order valence-electron chi connectivity index (χ2n) is 3.65. The molecule has 0 saturated heterocycles. The number of benzene rings is 1. The van der Waals surface area contributed by atoms with Crippen LogP contribution in [-0.2, 0) is 4.79 Å². The molecule has 2 N–H and O–H groups in total. The molecule has 8 heteroatoms. The molecule has 1 rings (SSSR count).